The average molecular weight is 448 g/mol. The summed E-state index contributed by atoms with van der Waals surface area (Å²) in [5, 5.41) is 12.5. The molecule has 34 heavy (non-hydrogen) atoms. The highest BCUT2D eigenvalue weighted by Crippen LogP contribution is 2.31. The number of aryl methyl sites for hydroxylation is 1. The maximum Gasteiger partial charge on any atom is 0.120 e. The second kappa shape index (κ2) is 9.98. The van der Waals surface area contributed by atoms with Crippen molar-refractivity contribution in [3.63, 3.8) is 0 Å². The lowest BCUT2D eigenvalue weighted by Crippen LogP contribution is -2.27. The van der Waals surface area contributed by atoms with E-state index in [9.17, 15) is 5.11 Å². The van der Waals surface area contributed by atoms with E-state index in [4.69, 9.17) is 4.74 Å². The molecule has 0 bridgehead atoms. The van der Waals surface area contributed by atoms with Crippen LogP contribution in [0.1, 0.15) is 28.3 Å². The number of ether oxygens (including phenoxy) is 1. The molecule has 3 heteroatoms. The number of aromatic nitrogens is 1. The zero-order valence-corrected chi connectivity index (χ0v) is 19.3. The molecule has 1 heterocycles. The minimum Gasteiger partial charge on any atom is -0.489 e. The average Bonchev–Trinajstić information content (AvgIpc) is 3.28. The molecule has 0 aliphatic heterocycles. The second-order valence-electron chi connectivity index (χ2n) is 8.83. The molecule has 0 amide bonds. The van der Waals surface area contributed by atoms with Gasteiger partial charge >= 0.3 is 0 Å². The SMILES string of the molecule is Cc1ccc(C[C@H](O)[C@H](c2ccccc2)n2ccc3cc(OCc4ccccc4)ccc32)cc1. The Morgan fingerprint density at radius 3 is 2.21 bits per heavy atom. The van der Waals surface area contributed by atoms with Crippen molar-refractivity contribution in [3.8, 4) is 5.75 Å². The normalized spacial score (nSPS) is 13.0. The van der Waals surface area contributed by atoms with E-state index >= 15 is 0 Å². The maximum absolute atomic E-state index is 11.4. The van der Waals surface area contributed by atoms with Crippen molar-refractivity contribution in [1.82, 2.24) is 4.57 Å². The standard InChI is InChI=1S/C31H29NO2/c1-23-12-14-24(15-13-23)20-30(33)31(26-10-6-3-7-11-26)32-19-18-27-21-28(16-17-29(27)32)34-22-25-8-4-2-5-9-25/h2-19,21,30-31,33H,20,22H2,1H3/t30-,31-/m0/s1. The van der Waals surface area contributed by atoms with Gasteiger partial charge in [-0.25, -0.2) is 0 Å². The molecule has 0 spiro atoms. The van der Waals surface area contributed by atoms with Gasteiger partial charge in [-0.1, -0.05) is 90.5 Å². The summed E-state index contributed by atoms with van der Waals surface area (Å²) in [7, 11) is 0. The summed E-state index contributed by atoms with van der Waals surface area (Å²) >= 11 is 0. The zero-order chi connectivity index (χ0) is 23.3. The Morgan fingerprint density at radius 1 is 0.765 bits per heavy atom. The van der Waals surface area contributed by atoms with Gasteiger partial charge in [0.1, 0.15) is 12.4 Å². The van der Waals surface area contributed by atoms with E-state index in [1.54, 1.807) is 0 Å². The van der Waals surface area contributed by atoms with Crippen LogP contribution in [0.5, 0.6) is 5.75 Å². The quantitative estimate of drug-likeness (QED) is 0.286. The third kappa shape index (κ3) is 4.90. The summed E-state index contributed by atoms with van der Waals surface area (Å²) in [4.78, 5) is 0. The third-order valence-corrected chi connectivity index (χ3v) is 6.31. The topological polar surface area (TPSA) is 34.4 Å². The van der Waals surface area contributed by atoms with Crippen LogP contribution in [-0.2, 0) is 13.0 Å². The van der Waals surface area contributed by atoms with Gasteiger partial charge in [-0.05, 0) is 47.9 Å². The van der Waals surface area contributed by atoms with Crippen LogP contribution in [0.4, 0.5) is 0 Å². The fourth-order valence-corrected chi connectivity index (χ4v) is 4.51. The number of fused-ring (bicyclic) bond motifs is 1. The number of hydrogen-bond donors (Lipinski definition) is 1. The molecular weight excluding hydrogens is 418 g/mol. The Hall–Kier alpha value is -3.82. The molecule has 4 aromatic carbocycles. The fourth-order valence-electron chi connectivity index (χ4n) is 4.51. The molecule has 0 fully saturated rings. The molecular formula is C31H29NO2. The van der Waals surface area contributed by atoms with Gasteiger partial charge in [0.05, 0.1) is 12.1 Å². The molecule has 1 aromatic heterocycles. The molecule has 0 aliphatic rings. The van der Waals surface area contributed by atoms with E-state index in [1.165, 1.54) is 5.56 Å². The van der Waals surface area contributed by atoms with Gasteiger partial charge in [0.25, 0.3) is 0 Å². The molecule has 0 aliphatic carbocycles. The third-order valence-electron chi connectivity index (χ3n) is 6.31. The minimum atomic E-state index is -0.574. The molecule has 5 rings (SSSR count). The molecule has 0 unspecified atom stereocenters. The van der Waals surface area contributed by atoms with Gasteiger partial charge in [0, 0.05) is 23.5 Å². The molecule has 5 aromatic rings. The van der Waals surface area contributed by atoms with Gasteiger partial charge < -0.3 is 14.4 Å². The number of hydrogen-bond acceptors (Lipinski definition) is 2. The summed E-state index contributed by atoms with van der Waals surface area (Å²) in [6.45, 7) is 2.62. The highest BCUT2D eigenvalue weighted by atomic mass is 16.5. The molecule has 2 atom stereocenters. The highest BCUT2D eigenvalue weighted by Gasteiger charge is 2.24. The minimum absolute atomic E-state index is 0.198. The number of aliphatic hydroxyl groups excluding tert-OH is 1. The lowest BCUT2D eigenvalue weighted by Gasteiger charge is -2.26. The van der Waals surface area contributed by atoms with E-state index in [0.717, 1.165) is 33.3 Å². The van der Waals surface area contributed by atoms with E-state index < -0.39 is 6.10 Å². The van der Waals surface area contributed by atoms with E-state index in [0.29, 0.717) is 13.0 Å². The van der Waals surface area contributed by atoms with Gasteiger partial charge in [-0.15, -0.1) is 0 Å². The van der Waals surface area contributed by atoms with Gasteiger partial charge in [-0.3, -0.25) is 0 Å². The molecule has 0 saturated heterocycles. The first-order valence-electron chi connectivity index (χ1n) is 11.7. The summed E-state index contributed by atoms with van der Waals surface area (Å²) in [5.74, 6) is 0.838. The highest BCUT2D eigenvalue weighted by molar-refractivity contribution is 5.82. The summed E-state index contributed by atoms with van der Waals surface area (Å²) in [5.41, 5.74) is 5.66. The Kier molecular flexibility index (Phi) is 6.46. The number of rotatable bonds is 8. The van der Waals surface area contributed by atoms with E-state index in [2.05, 4.69) is 84.4 Å². The van der Waals surface area contributed by atoms with Crippen LogP contribution in [0.15, 0.2) is 115 Å². The smallest absolute Gasteiger partial charge is 0.120 e. The molecule has 0 saturated carbocycles. The molecule has 0 radical (unpaired) electrons. The number of aliphatic hydroxyl groups is 1. The van der Waals surface area contributed by atoms with Crippen molar-refractivity contribution in [3.05, 3.63) is 138 Å². The summed E-state index contributed by atoms with van der Waals surface area (Å²) in [6.07, 6.45) is 2.08. The van der Waals surface area contributed by atoms with Gasteiger partial charge in [0.2, 0.25) is 0 Å². The fraction of sp³-hybridized carbons (Fsp3) is 0.161. The van der Waals surface area contributed by atoms with Crippen LogP contribution < -0.4 is 4.74 Å². The Bertz CT molecular complexity index is 1340. The van der Waals surface area contributed by atoms with E-state index in [1.807, 2.05) is 42.5 Å². The first-order valence-corrected chi connectivity index (χ1v) is 11.7. The summed E-state index contributed by atoms with van der Waals surface area (Å²) < 4.78 is 8.22. The van der Waals surface area contributed by atoms with Crippen molar-refractivity contribution in [1.29, 1.82) is 0 Å². The van der Waals surface area contributed by atoms with Crippen molar-refractivity contribution < 1.29 is 9.84 Å². The van der Waals surface area contributed by atoms with Crippen LogP contribution >= 0.6 is 0 Å². The van der Waals surface area contributed by atoms with Crippen LogP contribution in [-0.4, -0.2) is 15.8 Å². The zero-order valence-electron chi connectivity index (χ0n) is 19.3. The first kappa shape index (κ1) is 22.0. The maximum atomic E-state index is 11.4. The lowest BCUT2D eigenvalue weighted by molar-refractivity contribution is 0.132. The largest absolute Gasteiger partial charge is 0.489 e. The van der Waals surface area contributed by atoms with Crippen LogP contribution in [0.25, 0.3) is 10.9 Å². The van der Waals surface area contributed by atoms with Crippen LogP contribution in [0.3, 0.4) is 0 Å². The van der Waals surface area contributed by atoms with Crippen molar-refractivity contribution in [2.45, 2.75) is 32.1 Å². The van der Waals surface area contributed by atoms with Crippen molar-refractivity contribution in [2.24, 2.45) is 0 Å². The number of nitrogens with zero attached hydrogens (tertiary/aromatic N) is 1. The van der Waals surface area contributed by atoms with Gasteiger partial charge in [-0.2, -0.15) is 0 Å². The second-order valence-corrected chi connectivity index (χ2v) is 8.83. The Morgan fingerprint density at radius 2 is 1.47 bits per heavy atom. The predicted molar refractivity (Wildman–Crippen MR) is 138 cm³/mol. The van der Waals surface area contributed by atoms with E-state index in [-0.39, 0.29) is 6.04 Å². The molecule has 3 nitrogen and oxygen atoms in total. The van der Waals surface area contributed by atoms with Crippen molar-refractivity contribution >= 4 is 10.9 Å². The molecule has 1 N–H and O–H groups in total. The number of benzene rings is 4. The first-order chi connectivity index (χ1) is 16.7. The van der Waals surface area contributed by atoms with Crippen molar-refractivity contribution in [2.75, 3.05) is 0 Å². The summed E-state index contributed by atoms with van der Waals surface area (Å²) in [6, 6.07) is 36.9. The van der Waals surface area contributed by atoms with Crippen LogP contribution in [0.2, 0.25) is 0 Å². The monoisotopic (exact) mass is 447 g/mol. The Labute approximate surface area is 200 Å². The lowest BCUT2D eigenvalue weighted by atomic mass is 9.95. The Balaban J connectivity index is 1.44. The molecule has 170 valence electrons. The van der Waals surface area contributed by atoms with Gasteiger partial charge in [0.15, 0.2) is 0 Å². The predicted octanol–water partition coefficient (Wildman–Crippen LogP) is 6.72. The van der Waals surface area contributed by atoms with Crippen LogP contribution in [0, 0.1) is 6.92 Å².